The van der Waals surface area contributed by atoms with Crippen molar-refractivity contribution in [3.8, 4) is 5.75 Å². The van der Waals surface area contributed by atoms with E-state index in [0.29, 0.717) is 12.0 Å². The fourth-order valence-corrected chi connectivity index (χ4v) is 3.31. The lowest BCUT2D eigenvalue weighted by molar-refractivity contribution is -0.128. The summed E-state index contributed by atoms with van der Waals surface area (Å²) in [6.07, 6.45) is 3.13. The minimum Gasteiger partial charge on any atom is -0.480 e. The number of hydrogen-bond donors (Lipinski definition) is 2. The monoisotopic (exact) mass is 322 g/mol. The quantitative estimate of drug-likeness (QED) is 0.830. The summed E-state index contributed by atoms with van der Waals surface area (Å²) in [5, 5.41) is 0. The Bertz CT molecular complexity index is 791. The van der Waals surface area contributed by atoms with Crippen molar-refractivity contribution in [1.82, 2.24) is 10.9 Å². The molecule has 2 aliphatic rings. The molecule has 5 nitrogen and oxygen atoms in total. The maximum atomic E-state index is 12.2. The third-order valence-electron chi connectivity index (χ3n) is 4.60. The van der Waals surface area contributed by atoms with Gasteiger partial charge in [0.05, 0.1) is 0 Å². The third kappa shape index (κ3) is 2.73. The van der Waals surface area contributed by atoms with Crippen LogP contribution in [0.5, 0.6) is 5.75 Å². The van der Waals surface area contributed by atoms with Crippen molar-refractivity contribution in [2.45, 2.75) is 31.8 Å². The Morgan fingerprint density at radius 1 is 0.958 bits per heavy atom. The highest BCUT2D eigenvalue weighted by Crippen LogP contribution is 2.28. The van der Waals surface area contributed by atoms with Gasteiger partial charge in [-0.1, -0.05) is 24.3 Å². The van der Waals surface area contributed by atoms with E-state index in [4.69, 9.17) is 4.74 Å². The zero-order chi connectivity index (χ0) is 16.5. The fraction of sp³-hybridized carbons (Fsp3) is 0.263. The molecule has 1 atom stereocenters. The van der Waals surface area contributed by atoms with E-state index in [0.717, 1.165) is 30.6 Å². The van der Waals surface area contributed by atoms with E-state index in [2.05, 4.69) is 10.9 Å². The van der Waals surface area contributed by atoms with Gasteiger partial charge in [-0.25, -0.2) is 0 Å². The second-order valence-corrected chi connectivity index (χ2v) is 6.20. The fourth-order valence-electron chi connectivity index (χ4n) is 3.31. The molecule has 0 radical (unpaired) electrons. The van der Waals surface area contributed by atoms with Crippen LogP contribution in [0.4, 0.5) is 0 Å². The summed E-state index contributed by atoms with van der Waals surface area (Å²) in [5.74, 6) is 0.0665. The highest BCUT2D eigenvalue weighted by atomic mass is 16.5. The Balaban J connectivity index is 1.35. The van der Waals surface area contributed by atoms with Crippen LogP contribution in [-0.2, 0) is 24.1 Å². The van der Waals surface area contributed by atoms with Gasteiger partial charge in [0.25, 0.3) is 11.8 Å². The summed E-state index contributed by atoms with van der Waals surface area (Å²) in [6.45, 7) is 0. The lowest BCUT2D eigenvalue weighted by Gasteiger charge is -2.12. The van der Waals surface area contributed by atoms with Gasteiger partial charge in [-0.3, -0.25) is 20.4 Å². The molecule has 0 fully saturated rings. The molecule has 0 spiro atoms. The Hall–Kier alpha value is -2.82. The average molecular weight is 322 g/mol. The molecule has 1 heterocycles. The largest absolute Gasteiger partial charge is 0.480 e. The predicted octanol–water partition coefficient (Wildman–Crippen LogP) is 1.94. The van der Waals surface area contributed by atoms with E-state index in [9.17, 15) is 9.59 Å². The van der Waals surface area contributed by atoms with E-state index in [1.165, 1.54) is 11.1 Å². The van der Waals surface area contributed by atoms with Crippen LogP contribution in [0.2, 0.25) is 0 Å². The molecule has 0 saturated heterocycles. The molecule has 5 heteroatoms. The lowest BCUT2D eigenvalue weighted by Crippen LogP contribution is -2.47. The second-order valence-electron chi connectivity index (χ2n) is 6.20. The SMILES string of the molecule is O=C(NNC(=O)[C@H]1Cc2ccccc2O1)c1ccc2c(c1)CCC2. The van der Waals surface area contributed by atoms with Gasteiger partial charge in [0.2, 0.25) is 0 Å². The van der Waals surface area contributed by atoms with E-state index < -0.39 is 6.10 Å². The van der Waals surface area contributed by atoms with E-state index >= 15 is 0 Å². The van der Waals surface area contributed by atoms with Crippen molar-refractivity contribution in [3.05, 3.63) is 64.7 Å². The number of ether oxygens (including phenoxy) is 1. The number of fused-ring (bicyclic) bond motifs is 2. The average Bonchev–Trinajstić information content (AvgIpc) is 3.24. The van der Waals surface area contributed by atoms with Gasteiger partial charge in [-0.15, -0.1) is 0 Å². The number of hydrogen-bond acceptors (Lipinski definition) is 3. The number of benzene rings is 2. The van der Waals surface area contributed by atoms with Gasteiger partial charge in [0.15, 0.2) is 6.10 Å². The summed E-state index contributed by atoms with van der Waals surface area (Å²) in [4.78, 5) is 24.4. The number of nitrogens with one attached hydrogen (secondary N) is 2. The van der Waals surface area contributed by atoms with E-state index in [1.54, 1.807) is 6.07 Å². The smallest absolute Gasteiger partial charge is 0.279 e. The standard InChI is InChI=1S/C19H18N2O3/c22-18(15-9-8-12-5-3-6-13(12)10-15)20-21-19(23)17-11-14-4-1-2-7-16(14)24-17/h1-2,4,7-10,17H,3,5-6,11H2,(H,20,22)(H,21,23)/t17-/m1/s1. The first kappa shape index (κ1) is 14.8. The Kier molecular flexibility index (Phi) is 3.69. The Morgan fingerprint density at radius 2 is 1.79 bits per heavy atom. The van der Waals surface area contributed by atoms with Crippen LogP contribution < -0.4 is 15.6 Å². The Morgan fingerprint density at radius 3 is 2.67 bits per heavy atom. The van der Waals surface area contributed by atoms with Crippen molar-refractivity contribution in [3.63, 3.8) is 0 Å². The maximum absolute atomic E-state index is 12.2. The van der Waals surface area contributed by atoms with Gasteiger partial charge < -0.3 is 4.74 Å². The molecule has 1 aliphatic carbocycles. The van der Waals surface area contributed by atoms with Crippen molar-refractivity contribution >= 4 is 11.8 Å². The van der Waals surface area contributed by atoms with Crippen LogP contribution in [0.1, 0.15) is 33.5 Å². The molecule has 0 bridgehead atoms. The van der Waals surface area contributed by atoms with Crippen molar-refractivity contribution in [1.29, 1.82) is 0 Å². The number of aryl methyl sites for hydroxylation is 2. The predicted molar refractivity (Wildman–Crippen MR) is 88.6 cm³/mol. The van der Waals surface area contributed by atoms with Crippen LogP contribution in [0, 0.1) is 0 Å². The molecule has 1 aliphatic heterocycles. The molecule has 2 amide bonds. The molecule has 2 aromatic carbocycles. The second kappa shape index (κ2) is 6.00. The zero-order valence-corrected chi connectivity index (χ0v) is 13.2. The van der Waals surface area contributed by atoms with Crippen molar-refractivity contribution in [2.75, 3.05) is 0 Å². The molecule has 0 aromatic heterocycles. The molecule has 0 unspecified atom stereocenters. The molecule has 2 N–H and O–H groups in total. The van der Waals surface area contributed by atoms with Crippen LogP contribution in [0.25, 0.3) is 0 Å². The topological polar surface area (TPSA) is 67.4 Å². The number of hydrazine groups is 1. The van der Waals surface area contributed by atoms with Crippen LogP contribution in [0.15, 0.2) is 42.5 Å². The first-order chi connectivity index (χ1) is 11.7. The highest BCUT2D eigenvalue weighted by Gasteiger charge is 2.29. The summed E-state index contributed by atoms with van der Waals surface area (Å²) in [5.41, 5.74) is 9.04. The lowest BCUT2D eigenvalue weighted by atomic mass is 10.1. The summed E-state index contributed by atoms with van der Waals surface area (Å²) >= 11 is 0. The van der Waals surface area contributed by atoms with Crippen molar-refractivity contribution in [2.24, 2.45) is 0 Å². The minimum absolute atomic E-state index is 0.312. The number of amides is 2. The first-order valence-corrected chi connectivity index (χ1v) is 8.17. The summed E-state index contributed by atoms with van der Waals surface area (Å²) in [7, 11) is 0. The molecular weight excluding hydrogens is 304 g/mol. The molecule has 24 heavy (non-hydrogen) atoms. The molecule has 122 valence electrons. The minimum atomic E-state index is -0.609. The van der Waals surface area contributed by atoms with Gasteiger partial charge in [-0.2, -0.15) is 0 Å². The van der Waals surface area contributed by atoms with Gasteiger partial charge in [-0.05, 0) is 54.2 Å². The number of carbonyl (C=O) groups excluding carboxylic acids is 2. The maximum Gasteiger partial charge on any atom is 0.279 e. The van der Waals surface area contributed by atoms with Gasteiger partial charge in [0.1, 0.15) is 5.75 Å². The molecular formula is C19H18N2O3. The number of rotatable bonds is 2. The van der Waals surface area contributed by atoms with E-state index in [-0.39, 0.29) is 11.8 Å². The number of para-hydroxylation sites is 1. The van der Waals surface area contributed by atoms with Crippen LogP contribution >= 0.6 is 0 Å². The Labute approximate surface area is 140 Å². The van der Waals surface area contributed by atoms with Gasteiger partial charge in [0, 0.05) is 12.0 Å². The van der Waals surface area contributed by atoms with Gasteiger partial charge >= 0.3 is 0 Å². The first-order valence-electron chi connectivity index (χ1n) is 8.17. The third-order valence-corrected chi connectivity index (χ3v) is 4.60. The summed E-state index contributed by atoms with van der Waals surface area (Å²) in [6, 6.07) is 13.3. The van der Waals surface area contributed by atoms with Crippen LogP contribution in [0.3, 0.4) is 0 Å². The normalized spacial score (nSPS) is 17.6. The van der Waals surface area contributed by atoms with Crippen molar-refractivity contribution < 1.29 is 14.3 Å². The molecule has 2 aromatic rings. The highest BCUT2D eigenvalue weighted by molar-refractivity contribution is 5.96. The summed E-state index contributed by atoms with van der Waals surface area (Å²) < 4.78 is 5.60. The van der Waals surface area contributed by atoms with E-state index in [1.807, 2.05) is 36.4 Å². The van der Waals surface area contributed by atoms with Crippen LogP contribution in [-0.4, -0.2) is 17.9 Å². The number of carbonyl (C=O) groups is 2. The zero-order valence-electron chi connectivity index (χ0n) is 13.2. The molecule has 4 rings (SSSR count). The molecule has 0 saturated carbocycles.